The average molecular weight is 228 g/mol. The second-order valence-electron chi connectivity index (χ2n) is 5.58. The Kier molecular flexibility index (Phi) is 5.73. The van der Waals surface area contributed by atoms with Crippen LogP contribution in [0.1, 0.15) is 27.7 Å². The maximum absolute atomic E-state index is 5.19. The summed E-state index contributed by atoms with van der Waals surface area (Å²) >= 11 is 0. The average Bonchev–Trinajstić information content (AvgIpc) is 2.09. The summed E-state index contributed by atoms with van der Waals surface area (Å²) in [5.41, 5.74) is 0. The minimum absolute atomic E-state index is 0.694. The van der Waals surface area contributed by atoms with Gasteiger partial charge in [-0.2, -0.15) is 0 Å². The third kappa shape index (κ3) is 4.04. The van der Waals surface area contributed by atoms with Gasteiger partial charge < -0.3 is 4.74 Å². The lowest BCUT2D eigenvalue weighted by Crippen LogP contribution is -2.62. The first kappa shape index (κ1) is 13.9. The molecule has 3 nitrogen and oxygen atoms in total. The van der Waals surface area contributed by atoms with Crippen LogP contribution in [0.25, 0.3) is 0 Å². The van der Waals surface area contributed by atoms with Crippen molar-refractivity contribution in [3.05, 3.63) is 0 Å². The molecule has 3 heteroatoms. The van der Waals surface area contributed by atoms with Crippen LogP contribution in [0.5, 0.6) is 0 Å². The zero-order chi connectivity index (χ0) is 12.1. The molecular formula is C13H28N2O. The number of ether oxygens (including phenoxy) is 1. The van der Waals surface area contributed by atoms with E-state index in [-0.39, 0.29) is 0 Å². The van der Waals surface area contributed by atoms with E-state index in [0.717, 1.165) is 25.1 Å². The van der Waals surface area contributed by atoms with E-state index in [0.29, 0.717) is 6.04 Å². The normalized spacial score (nSPS) is 18.8. The SMILES string of the molecule is COCCN(CC(C)C)C1CN(C(C)C)C1. The standard InChI is InChI=1S/C13H28N2O/c1-11(2)8-14(6-7-16-5)13-9-15(10-13)12(3)4/h11-13H,6-10H2,1-5H3. The highest BCUT2D eigenvalue weighted by molar-refractivity contribution is 4.89. The van der Waals surface area contributed by atoms with E-state index in [1.165, 1.54) is 19.6 Å². The highest BCUT2D eigenvalue weighted by atomic mass is 16.5. The van der Waals surface area contributed by atoms with Crippen molar-refractivity contribution < 1.29 is 4.74 Å². The maximum atomic E-state index is 5.19. The Morgan fingerprint density at radius 2 is 1.88 bits per heavy atom. The topological polar surface area (TPSA) is 15.7 Å². The van der Waals surface area contributed by atoms with Crippen LogP contribution >= 0.6 is 0 Å². The number of rotatable bonds is 7. The van der Waals surface area contributed by atoms with Crippen LogP contribution in [0.2, 0.25) is 0 Å². The van der Waals surface area contributed by atoms with Gasteiger partial charge in [-0.15, -0.1) is 0 Å². The van der Waals surface area contributed by atoms with Crippen LogP contribution in [0, 0.1) is 5.92 Å². The van der Waals surface area contributed by atoms with E-state index in [4.69, 9.17) is 4.74 Å². The van der Waals surface area contributed by atoms with Crippen LogP contribution in [-0.4, -0.2) is 61.8 Å². The molecule has 1 rings (SSSR count). The number of hydrogen-bond donors (Lipinski definition) is 0. The van der Waals surface area contributed by atoms with E-state index in [2.05, 4.69) is 37.5 Å². The molecule has 1 fully saturated rings. The molecule has 1 aliphatic rings. The van der Waals surface area contributed by atoms with Gasteiger partial charge in [0.1, 0.15) is 0 Å². The molecule has 0 radical (unpaired) electrons. The maximum Gasteiger partial charge on any atom is 0.0589 e. The van der Waals surface area contributed by atoms with Gasteiger partial charge in [0.2, 0.25) is 0 Å². The highest BCUT2D eigenvalue weighted by Crippen LogP contribution is 2.18. The van der Waals surface area contributed by atoms with Gasteiger partial charge in [-0.25, -0.2) is 0 Å². The van der Waals surface area contributed by atoms with Gasteiger partial charge in [0, 0.05) is 45.4 Å². The molecular weight excluding hydrogens is 200 g/mol. The smallest absolute Gasteiger partial charge is 0.0589 e. The molecule has 0 aromatic carbocycles. The van der Waals surface area contributed by atoms with Gasteiger partial charge in [-0.3, -0.25) is 9.80 Å². The van der Waals surface area contributed by atoms with Crippen molar-refractivity contribution in [3.8, 4) is 0 Å². The van der Waals surface area contributed by atoms with E-state index < -0.39 is 0 Å². The second-order valence-corrected chi connectivity index (χ2v) is 5.58. The van der Waals surface area contributed by atoms with Gasteiger partial charge in [0.15, 0.2) is 0 Å². The third-order valence-electron chi connectivity index (χ3n) is 3.32. The van der Waals surface area contributed by atoms with Gasteiger partial charge in [-0.05, 0) is 19.8 Å². The Hall–Kier alpha value is -0.120. The molecule has 1 saturated heterocycles. The third-order valence-corrected chi connectivity index (χ3v) is 3.32. The number of likely N-dealkylation sites (tertiary alicyclic amines) is 1. The first-order valence-corrected chi connectivity index (χ1v) is 6.51. The monoisotopic (exact) mass is 228 g/mol. The predicted octanol–water partition coefficient (Wildman–Crippen LogP) is 1.68. The summed E-state index contributed by atoms with van der Waals surface area (Å²) in [5, 5.41) is 0. The van der Waals surface area contributed by atoms with E-state index in [1.54, 1.807) is 7.11 Å². The molecule has 1 heterocycles. The van der Waals surface area contributed by atoms with E-state index in [9.17, 15) is 0 Å². The quantitative estimate of drug-likeness (QED) is 0.659. The van der Waals surface area contributed by atoms with Gasteiger partial charge in [-0.1, -0.05) is 13.8 Å². The van der Waals surface area contributed by atoms with Crippen molar-refractivity contribution in [2.45, 2.75) is 39.8 Å². The minimum atomic E-state index is 0.694. The first-order chi connectivity index (χ1) is 7.54. The molecule has 1 aliphatic heterocycles. The zero-order valence-corrected chi connectivity index (χ0v) is 11.6. The van der Waals surface area contributed by atoms with Crippen molar-refractivity contribution in [1.29, 1.82) is 0 Å². The van der Waals surface area contributed by atoms with Gasteiger partial charge in [0.05, 0.1) is 6.61 Å². The van der Waals surface area contributed by atoms with Crippen molar-refractivity contribution in [3.63, 3.8) is 0 Å². The molecule has 0 aromatic rings. The fraction of sp³-hybridized carbons (Fsp3) is 1.00. The zero-order valence-electron chi connectivity index (χ0n) is 11.6. The van der Waals surface area contributed by atoms with Crippen LogP contribution < -0.4 is 0 Å². The summed E-state index contributed by atoms with van der Waals surface area (Å²) in [4.78, 5) is 5.12. The minimum Gasteiger partial charge on any atom is -0.383 e. The summed E-state index contributed by atoms with van der Waals surface area (Å²) in [6.45, 7) is 14.7. The Balaban J connectivity index is 2.33. The van der Waals surface area contributed by atoms with Crippen LogP contribution in [0.15, 0.2) is 0 Å². The lowest BCUT2D eigenvalue weighted by molar-refractivity contribution is -0.00198. The number of methoxy groups -OCH3 is 1. The predicted molar refractivity (Wildman–Crippen MR) is 68.8 cm³/mol. The summed E-state index contributed by atoms with van der Waals surface area (Å²) < 4.78 is 5.19. The fourth-order valence-electron chi connectivity index (χ4n) is 2.24. The molecule has 16 heavy (non-hydrogen) atoms. The summed E-state index contributed by atoms with van der Waals surface area (Å²) in [6, 6.07) is 1.44. The molecule has 0 amide bonds. The first-order valence-electron chi connectivity index (χ1n) is 6.51. The lowest BCUT2D eigenvalue weighted by atomic mass is 10.0. The molecule has 0 aliphatic carbocycles. The van der Waals surface area contributed by atoms with Crippen molar-refractivity contribution >= 4 is 0 Å². The molecule has 0 spiro atoms. The molecule has 0 aromatic heterocycles. The highest BCUT2D eigenvalue weighted by Gasteiger charge is 2.32. The van der Waals surface area contributed by atoms with Gasteiger partial charge >= 0.3 is 0 Å². The summed E-state index contributed by atoms with van der Waals surface area (Å²) in [5.74, 6) is 0.741. The molecule has 0 saturated carbocycles. The van der Waals surface area contributed by atoms with Crippen LogP contribution in [0.3, 0.4) is 0 Å². The van der Waals surface area contributed by atoms with E-state index in [1.807, 2.05) is 0 Å². The number of hydrogen-bond acceptors (Lipinski definition) is 3. The van der Waals surface area contributed by atoms with Crippen molar-refractivity contribution in [1.82, 2.24) is 9.80 Å². The van der Waals surface area contributed by atoms with Crippen molar-refractivity contribution in [2.24, 2.45) is 5.92 Å². The summed E-state index contributed by atoms with van der Waals surface area (Å²) in [7, 11) is 1.79. The molecule has 0 atom stereocenters. The van der Waals surface area contributed by atoms with E-state index >= 15 is 0 Å². The Bertz CT molecular complexity index is 188. The van der Waals surface area contributed by atoms with Crippen LogP contribution in [0.4, 0.5) is 0 Å². The van der Waals surface area contributed by atoms with Crippen LogP contribution in [-0.2, 0) is 4.74 Å². The van der Waals surface area contributed by atoms with Crippen molar-refractivity contribution in [2.75, 3.05) is 39.9 Å². The van der Waals surface area contributed by atoms with Gasteiger partial charge in [0.25, 0.3) is 0 Å². The molecule has 0 bridgehead atoms. The fourth-order valence-corrected chi connectivity index (χ4v) is 2.24. The Morgan fingerprint density at radius 1 is 1.25 bits per heavy atom. The second kappa shape index (κ2) is 6.58. The Morgan fingerprint density at radius 3 is 2.31 bits per heavy atom. The largest absolute Gasteiger partial charge is 0.383 e. The summed E-state index contributed by atoms with van der Waals surface area (Å²) in [6.07, 6.45) is 0. The molecule has 96 valence electrons. The number of nitrogens with zero attached hydrogens (tertiary/aromatic N) is 2. The molecule has 0 unspecified atom stereocenters. The Labute approximate surface area is 101 Å². The lowest BCUT2D eigenvalue weighted by Gasteiger charge is -2.48. The molecule has 0 N–H and O–H groups in total.